The van der Waals surface area contributed by atoms with Crippen LogP contribution in [0.25, 0.3) is 0 Å². The van der Waals surface area contributed by atoms with Gasteiger partial charge in [0.2, 0.25) is 0 Å². The Bertz CT molecular complexity index is 624. The molecule has 0 saturated heterocycles. The summed E-state index contributed by atoms with van der Waals surface area (Å²) in [7, 11) is -3.26. The van der Waals surface area contributed by atoms with Crippen LogP contribution in [0.3, 0.4) is 0 Å². The van der Waals surface area contributed by atoms with Crippen LogP contribution in [-0.4, -0.2) is 38.5 Å². The first-order valence-corrected chi connectivity index (χ1v) is 8.47. The van der Waals surface area contributed by atoms with Crippen LogP contribution >= 0.6 is 0 Å². The standard InChI is InChI=1S/C14H22N2O4S/c1-5-20-12-7-6-10(8-11(12)15)13(17)16-9-14(2,3)21(4,18)19/h6-8H,5,9,15H2,1-4H3,(H,16,17). The number of carbonyl (C=O) groups excluding carboxylic acids is 1. The molecule has 0 heterocycles. The molecule has 0 fully saturated rings. The van der Waals surface area contributed by atoms with Crippen LogP contribution in [0.15, 0.2) is 18.2 Å². The van der Waals surface area contributed by atoms with Crippen molar-refractivity contribution in [2.75, 3.05) is 25.1 Å². The van der Waals surface area contributed by atoms with Gasteiger partial charge in [-0.25, -0.2) is 8.42 Å². The Hall–Kier alpha value is -1.76. The van der Waals surface area contributed by atoms with Crippen molar-refractivity contribution in [2.24, 2.45) is 0 Å². The number of carbonyl (C=O) groups is 1. The average molecular weight is 314 g/mol. The summed E-state index contributed by atoms with van der Waals surface area (Å²) >= 11 is 0. The number of anilines is 1. The topological polar surface area (TPSA) is 98.5 Å². The summed E-state index contributed by atoms with van der Waals surface area (Å²) in [6.45, 7) is 5.48. The molecule has 0 radical (unpaired) electrons. The van der Waals surface area contributed by atoms with E-state index in [0.29, 0.717) is 23.6 Å². The lowest BCUT2D eigenvalue weighted by molar-refractivity contribution is 0.0950. The molecule has 3 N–H and O–H groups in total. The third-order valence-electron chi connectivity index (χ3n) is 3.25. The number of benzene rings is 1. The van der Waals surface area contributed by atoms with Crippen LogP contribution in [0.5, 0.6) is 5.75 Å². The monoisotopic (exact) mass is 314 g/mol. The Kier molecular flexibility index (Phi) is 5.22. The van der Waals surface area contributed by atoms with Gasteiger partial charge in [-0.3, -0.25) is 4.79 Å². The van der Waals surface area contributed by atoms with Gasteiger partial charge in [0, 0.05) is 18.4 Å². The number of sulfone groups is 1. The quantitative estimate of drug-likeness (QED) is 0.769. The Morgan fingerprint density at radius 1 is 1.38 bits per heavy atom. The van der Waals surface area contributed by atoms with E-state index in [1.807, 2.05) is 6.92 Å². The average Bonchev–Trinajstić information content (AvgIpc) is 2.37. The van der Waals surface area contributed by atoms with E-state index in [2.05, 4.69) is 5.32 Å². The highest BCUT2D eigenvalue weighted by Gasteiger charge is 2.30. The number of hydrogen-bond acceptors (Lipinski definition) is 5. The van der Waals surface area contributed by atoms with Crippen LogP contribution in [0.1, 0.15) is 31.1 Å². The molecule has 0 spiro atoms. The first kappa shape index (κ1) is 17.3. The van der Waals surface area contributed by atoms with Gasteiger partial charge in [0.1, 0.15) is 5.75 Å². The lowest BCUT2D eigenvalue weighted by Crippen LogP contribution is -2.43. The number of rotatable bonds is 6. The Labute approximate surface area is 125 Å². The van der Waals surface area contributed by atoms with Crippen molar-refractivity contribution in [3.63, 3.8) is 0 Å². The van der Waals surface area contributed by atoms with E-state index in [4.69, 9.17) is 10.5 Å². The molecule has 1 aromatic rings. The van der Waals surface area contributed by atoms with Crippen molar-refractivity contribution in [1.82, 2.24) is 5.32 Å². The van der Waals surface area contributed by atoms with Crippen LogP contribution in [0, 0.1) is 0 Å². The Balaban J connectivity index is 2.80. The maximum atomic E-state index is 12.0. The maximum Gasteiger partial charge on any atom is 0.251 e. The molecule has 1 aromatic carbocycles. The summed E-state index contributed by atoms with van der Waals surface area (Å²) in [4.78, 5) is 12.0. The zero-order chi connectivity index (χ0) is 16.3. The van der Waals surface area contributed by atoms with E-state index in [1.54, 1.807) is 26.0 Å². The Morgan fingerprint density at radius 3 is 2.48 bits per heavy atom. The largest absolute Gasteiger partial charge is 0.492 e. The van der Waals surface area contributed by atoms with E-state index in [-0.39, 0.29) is 12.5 Å². The van der Waals surface area contributed by atoms with Crippen LogP contribution in [-0.2, 0) is 9.84 Å². The molecule has 7 heteroatoms. The minimum absolute atomic E-state index is 0.0256. The second kappa shape index (κ2) is 6.34. The van der Waals surface area contributed by atoms with Crippen molar-refractivity contribution in [3.8, 4) is 5.75 Å². The van der Waals surface area contributed by atoms with Gasteiger partial charge in [-0.1, -0.05) is 0 Å². The smallest absolute Gasteiger partial charge is 0.251 e. The minimum atomic E-state index is -3.26. The molecule has 0 saturated carbocycles. The zero-order valence-electron chi connectivity index (χ0n) is 12.8. The first-order valence-electron chi connectivity index (χ1n) is 6.58. The van der Waals surface area contributed by atoms with Crippen LogP contribution in [0.2, 0.25) is 0 Å². The molecule has 1 rings (SSSR count). The highest BCUT2D eigenvalue weighted by atomic mass is 32.2. The minimum Gasteiger partial charge on any atom is -0.492 e. The van der Waals surface area contributed by atoms with Gasteiger partial charge in [-0.05, 0) is 39.0 Å². The maximum absolute atomic E-state index is 12.0. The molecular weight excluding hydrogens is 292 g/mol. The molecule has 118 valence electrons. The van der Waals surface area contributed by atoms with Gasteiger partial charge in [-0.15, -0.1) is 0 Å². The van der Waals surface area contributed by atoms with Gasteiger partial charge in [0.05, 0.1) is 17.0 Å². The number of nitrogens with two attached hydrogens (primary N) is 1. The first-order chi connectivity index (χ1) is 9.58. The third-order valence-corrected chi connectivity index (χ3v) is 5.40. The van der Waals surface area contributed by atoms with Gasteiger partial charge < -0.3 is 15.8 Å². The van der Waals surface area contributed by atoms with Crippen molar-refractivity contribution in [2.45, 2.75) is 25.5 Å². The van der Waals surface area contributed by atoms with Gasteiger partial charge >= 0.3 is 0 Å². The molecule has 0 unspecified atom stereocenters. The van der Waals surface area contributed by atoms with E-state index in [9.17, 15) is 13.2 Å². The number of hydrogen-bond donors (Lipinski definition) is 2. The molecule has 0 aliphatic carbocycles. The molecule has 21 heavy (non-hydrogen) atoms. The predicted octanol–water partition coefficient (Wildman–Crippen LogP) is 1.22. The molecule has 6 nitrogen and oxygen atoms in total. The lowest BCUT2D eigenvalue weighted by Gasteiger charge is -2.22. The molecule has 0 atom stereocenters. The van der Waals surface area contributed by atoms with Crippen molar-refractivity contribution in [3.05, 3.63) is 23.8 Å². The summed E-state index contributed by atoms with van der Waals surface area (Å²) in [5.41, 5.74) is 6.52. The Morgan fingerprint density at radius 2 is 2.00 bits per heavy atom. The zero-order valence-corrected chi connectivity index (χ0v) is 13.6. The van der Waals surface area contributed by atoms with Crippen molar-refractivity contribution < 1.29 is 17.9 Å². The van der Waals surface area contributed by atoms with Gasteiger partial charge in [0.25, 0.3) is 5.91 Å². The van der Waals surface area contributed by atoms with Crippen molar-refractivity contribution in [1.29, 1.82) is 0 Å². The molecule has 0 aliphatic heterocycles. The molecule has 0 aromatic heterocycles. The molecule has 0 bridgehead atoms. The third kappa shape index (κ3) is 4.35. The molecular formula is C14H22N2O4S. The van der Waals surface area contributed by atoms with E-state index < -0.39 is 14.6 Å². The van der Waals surface area contributed by atoms with E-state index in [0.717, 1.165) is 6.26 Å². The second-order valence-electron chi connectivity index (χ2n) is 5.40. The number of nitrogen functional groups attached to an aromatic ring is 1. The number of amides is 1. The van der Waals surface area contributed by atoms with E-state index >= 15 is 0 Å². The fourth-order valence-electron chi connectivity index (χ4n) is 1.50. The number of ether oxygens (including phenoxy) is 1. The summed E-state index contributed by atoms with van der Waals surface area (Å²) in [6, 6.07) is 4.72. The summed E-state index contributed by atoms with van der Waals surface area (Å²) in [5, 5.41) is 2.61. The predicted molar refractivity (Wildman–Crippen MR) is 83.3 cm³/mol. The highest BCUT2D eigenvalue weighted by molar-refractivity contribution is 7.92. The van der Waals surface area contributed by atoms with Gasteiger partial charge in [-0.2, -0.15) is 0 Å². The molecule has 1 amide bonds. The lowest BCUT2D eigenvalue weighted by atomic mass is 10.1. The SMILES string of the molecule is CCOc1ccc(C(=O)NCC(C)(C)S(C)(=O)=O)cc1N. The summed E-state index contributed by atoms with van der Waals surface area (Å²) in [5.74, 6) is 0.145. The highest BCUT2D eigenvalue weighted by Crippen LogP contribution is 2.22. The second-order valence-corrected chi connectivity index (χ2v) is 8.05. The normalized spacial score (nSPS) is 12.0. The van der Waals surface area contributed by atoms with Crippen LogP contribution in [0.4, 0.5) is 5.69 Å². The van der Waals surface area contributed by atoms with Crippen molar-refractivity contribution >= 4 is 21.4 Å². The fourth-order valence-corrected chi connectivity index (χ4v) is 1.84. The summed E-state index contributed by atoms with van der Waals surface area (Å²) in [6.07, 6.45) is 1.15. The number of nitrogens with one attached hydrogen (secondary N) is 1. The molecule has 0 aliphatic rings. The van der Waals surface area contributed by atoms with Gasteiger partial charge in [0.15, 0.2) is 9.84 Å². The summed E-state index contributed by atoms with van der Waals surface area (Å²) < 4.78 is 27.4. The fraction of sp³-hybridized carbons (Fsp3) is 0.500. The van der Waals surface area contributed by atoms with E-state index in [1.165, 1.54) is 6.07 Å². The van der Waals surface area contributed by atoms with Crippen LogP contribution < -0.4 is 15.8 Å².